The van der Waals surface area contributed by atoms with Gasteiger partial charge in [-0.2, -0.15) is 10.1 Å². The minimum absolute atomic E-state index is 0.0456. The maximum atomic E-state index is 13.6. The number of halogens is 2. The quantitative estimate of drug-likeness (QED) is 0.510. The van der Waals surface area contributed by atoms with Gasteiger partial charge in [-0.15, -0.1) is 0 Å². The second kappa shape index (κ2) is 8.28. The Kier molecular flexibility index (Phi) is 5.27. The predicted molar refractivity (Wildman–Crippen MR) is 112 cm³/mol. The molecule has 0 N–H and O–H groups in total. The van der Waals surface area contributed by atoms with Gasteiger partial charge in [0, 0.05) is 11.6 Å². The fraction of sp³-hybridized carbons (Fsp3) is 0.273. The molecule has 0 radical (unpaired) electrons. The highest BCUT2D eigenvalue weighted by Gasteiger charge is 2.55. The Morgan fingerprint density at radius 1 is 1.06 bits per heavy atom. The number of amides is 2. The summed E-state index contributed by atoms with van der Waals surface area (Å²) >= 11 is 0. The summed E-state index contributed by atoms with van der Waals surface area (Å²) in [5, 5.41) is 13.0. The Labute approximate surface area is 191 Å². The van der Waals surface area contributed by atoms with Gasteiger partial charge >= 0.3 is 0 Å². The number of imide groups is 1. The third-order valence-corrected chi connectivity index (χ3v) is 5.27. The smallest absolute Gasteiger partial charge is 0.263 e. The second-order valence-electron chi connectivity index (χ2n) is 8.01. The number of ether oxygens (including phenoxy) is 1. The van der Waals surface area contributed by atoms with Crippen LogP contribution >= 0.6 is 0 Å². The molecule has 0 aliphatic carbocycles. The van der Waals surface area contributed by atoms with Gasteiger partial charge in [0.25, 0.3) is 11.8 Å². The van der Waals surface area contributed by atoms with Gasteiger partial charge < -0.3 is 9.26 Å². The summed E-state index contributed by atoms with van der Waals surface area (Å²) in [6, 6.07) is 7.79. The van der Waals surface area contributed by atoms with E-state index in [-0.39, 0.29) is 24.2 Å². The van der Waals surface area contributed by atoms with Crippen molar-refractivity contribution in [2.75, 3.05) is 4.90 Å². The Bertz CT molecular complexity index is 1290. The fourth-order valence-electron chi connectivity index (χ4n) is 3.76. The van der Waals surface area contributed by atoms with E-state index >= 15 is 0 Å². The van der Waals surface area contributed by atoms with Crippen LogP contribution in [-0.4, -0.2) is 45.2 Å². The van der Waals surface area contributed by atoms with Crippen molar-refractivity contribution < 1.29 is 27.6 Å². The molecule has 2 aromatic carbocycles. The summed E-state index contributed by atoms with van der Waals surface area (Å²) in [5.74, 6) is -2.40. The van der Waals surface area contributed by atoms with Gasteiger partial charge in [0.2, 0.25) is 11.7 Å². The lowest BCUT2D eigenvalue weighted by Gasteiger charge is -2.19. The highest BCUT2D eigenvalue weighted by atomic mass is 19.2. The summed E-state index contributed by atoms with van der Waals surface area (Å²) in [6.45, 7) is 3.79. The molecule has 12 heteroatoms. The van der Waals surface area contributed by atoms with Crippen molar-refractivity contribution in [3.8, 4) is 17.1 Å². The lowest BCUT2D eigenvalue weighted by atomic mass is 10.1. The zero-order chi connectivity index (χ0) is 24.0. The van der Waals surface area contributed by atoms with Crippen LogP contribution in [0.2, 0.25) is 0 Å². The topological polar surface area (TPSA) is 113 Å². The molecule has 5 rings (SSSR count). The van der Waals surface area contributed by atoms with Crippen molar-refractivity contribution in [1.29, 1.82) is 0 Å². The highest BCUT2D eigenvalue weighted by Crippen LogP contribution is 2.33. The predicted octanol–water partition coefficient (Wildman–Crippen LogP) is 3.30. The van der Waals surface area contributed by atoms with Gasteiger partial charge in [0.1, 0.15) is 12.3 Å². The SMILES string of the molecule is CC(C)Oc1ccc(-c2noc(CN3N=N[C@@H]4C(=O)N(c5ccc(F)c(F)c5)C(=O)[C@H]43)n2)cc1. The van der Waals surface area contributed by atoms with Crippen molar-refractivity contribution >= 4 is 17.5 Å². The second-order valence-corrected chi connectivity index (χ2v) is 8.01. The van der Waals surface area contributed by atoms with E-state index < -0.39 is 35.5 Å². The molecule has 2 aliphatic heterocycles. The summed E-state index contributed by atoms with van der Waals surface area (Å²) in [4.78, 5) is 30.8. The van der Waals surface area contributed by atoms with E-state index in [1.165, 1.54) is 5.01 Å². The zero-order valence-electron chi connectivity index (χ0n) is 18.1. The van der Waals surface area contributed by atoms with Gasteiger partial charge in [0.05, 0.1) is 11.8 Å². The van der Waals surface area contributed by atoms with Gasteiger partial charge in [-0.25, -0.2) is 13.7 Å². The summed E-state index contributed by atoms with van der Waals surface area (Å²) in [7, 11) is 0. The summed E-state index contributed by atoms with van der Waals surface area (Å²) in [6.07, 6.45) is 0.0456. The van der Waals surface area contributed by atoms with E-state index in [1.54, 1.807) is 24.3 Å². The third-order valence-electron chi connectivity index (χ3n) is 5.27. The molecule has 2 amide bonds. The van der Waals surface area contributed by atoms with Crippen LogP contribution in [0.5, 0.6) is 5.75 Å². The number of benzene rings is 2. The van der Waals surface area contributed by atoms with E-state index in [0.717, 1.165) is 23.1 Å². The van der Waals surface area contributed by atoms with Crippen LogP contribution in [0.1, 0.15) is 19.7 Å². The first kappa shape index (κ1) is 21.6. The lowest BCUT2D eigenvalue weighted by Crippen LogP contribution is -2.39. The van der Waals surface area contributed by atoms with Crippen LogP contribution in [-0.2, 0) is 16.1 Å². The van der Waals surface area contributed by atoms with Crippen LogP contribution < -0.4 is 9.64 Å². The molecule has 1 saturated heterocycles. The number of nitrogens with zero attached hydrogens (tertiary/aromatic N) is 6. The van der Waals surface area contributed by atoms with Crippen LogP contribution in [0.25, 0.3) is 11.4 Å². The number of rotatable bonds is 6. The number of carbonyl (C=O) groups is 2. The molecular weight excluding hydrogens is 450 g/mol. The van der Waals surface area contributed by atoms with Crippen LogP contribution in [0.4, 0.5) is 14.5 Å². The molecule has 0 spiro atoms. The summed E-state index contributed by atoms with van der Waals surface area (Å²) < 4.78 is 37.8. The molecule has 10 nitrogen and oxygen atoms in total. The number of fused-ring (bicyclic) bond motifs is 1. The number of carbonyl (C=O) groups excluding carboxylic acids is 2. The first-order chi connectivity index (χ1) is 16.3. The Hall–Kier alpha value is -4.22. The van der Waals surface area contributed by atoms with E-state index in [2.05, 4.69) is 20.5 Å². The minimum atomic E-state index is -1.17. The number of aromatic nitrogens is 2. The fourth-order valence-corrected chi connectivity index (χ4v) is 3.76. The third kappa shape index (κ3) is 3.76. The molecule has 0 saturated carbocycles. The number of anilines is 1. The van der Waals surface area contributed by atoms with Crippen molar-refractivity contribution in [3.63, 3.8) is 0 Å². The molecule has 0 bridgehead atoms. The van der Waals surface area contributed by atoms with Crippen molar-refractivity contribution in [2.45, 2.75) is 38.6 Å². The van der Waals surface area contributed by atoms with Gasteiger partial charge in [-0.05, 0) is 50.2 Å². The number of hydrogen-bond donors (Lipinski definition) is 0. The van der Waals surface area contributed by atoms with Crippen LogP contribution in [0, 0.1) is 11.6 Å². The minimum Gasteiger partial charge on any atom is -0.491 e. The maximum absolute atomic E-state index is 13.6. The Morgan fingerprint density at radius 2 is 1.82 bits per heavy atom. The molecule has 0 unspecified atom stereocenters. The van der Waals surface area contributed by atoms with E-state index in [9.17, 15) is 18.4 Å². The molecule has 3 heterocycles. The van der Waals surface area contributed by atoms with Crippen molar-refractivity contribution in [2.24, 2.45) is 10.3 Å². The Morgan fingerprint density at radius 3 is 2.53 bits per heavy atom. The standard InChI is InChI=1S/C22H18F2N6O4/c1-11(2)33-14-6-3-12(4-7-14)20-25-17(34-27-20)10-29-19-18(26-28-29)21(31)30(22(19)32)13-5-8-15(23)16(24)9-13/h3-9,11,18-19H,10H2,1-2H3/t18-,19-/m0/s1. The van der Waals surface area contributed by atoms with E-state index in [1.807, 2.05) is 13.8 Å². The molecule has 2 atom stereocenters. The first-order valence-corrected chi connectivity index (χ1v) is 10.4. The van der Waals surface area contributed by atoms with Gasteiger partial charge in [-0.1, -0.05) is 10.4 Å². The van der Waals surface area contributed by atoms with E-state index in [4.69, 9.17) is 9.26 Å². The van der Waals surface area contributed by atoms with Crippen LogP contribution in [0.3, 0.4) is 0 Å². The van der Waals surface area contributed by atoms with Crippen LogP contribution in [0.15, 0.2) is 57.3 Å². The van der Waals surface area contributed by atoms with E-state index in [0.29, 0.717) is 17.1 Å². The maximum Gasteiger partial charge on any atom is 0.263 e. The van der Waals surface area contributed by atoms with Gasteiger partial charge in [0.15, 0.2) is 23.7 Å². The molecule has 34 heavy (non-hydrogen) atoms. The summed E-state index contributed by atoms with van der Waals surface area (Å²) in [5.41, 5.74) is 0.618. The monoisotopic (exact) mass is 468 g/mol. The van der Waals surface area contributed by atoms with Gasteiger partial charge in [-0.3, -0.25) is 14.6 Å². The molecule has 174 valence electrons. The average molecular weight is 468 g/mol. The zero-order valence-corrected chi connectivity index (χ0v) is 18.1. The molecule has 3 aromatic rings. The lowest BCUT2D eigenvalue weighted by molar-refractivity contribution is -0.123. The number of hydrogen-bond acceptors (Lipinski definition) is 9. The van der Waals surface area contributed by atoms with Crippen molar-refractivity contribution in [1.82, 2.24) is 15.1 Å². The molecular formula is C22H18F2N6O4. The molecule has 2 aliphatic rings. The van der Waals surface area contributed by atoms with Crippen molar-refractivity contribution in [3.05, 3.63) is 60.0 Å². The first-order valence-electron chi connectivity index (χ1n) is 10.4. The largest absolute Gasteiger partial charge is 0.491 e. The molecule has 1 aromatic heterocycles. The Balaban J connectivity index is 1.31. The normalized spacial score (nSPS) is 19.4. The average Bonchev–Trinajstić information content (AvgIpc) is 3.49. The highest BCUT2D eigenvalue weighted by molar-refractivity contribution is 6.25. The molecule has 1 fully saturated rings.